The second-order valence-corrected chi connectivity index (χ2v) is 5.93. The minimum absolute atomic E-state index is 0.0443. The van der Waals surface area contributed by atoms with Crippen molar-refractivity contribution in [3.8, 4) is 0 Å². The molecule has 1 aliphatic carbocycles. The van der Waals surface area contributed by atoms with E-state index in [4.69, 9.17) is 11.6 Å². The molecular weight excluding hydrogens is 295 g/mol. The maximum atomic E-state index is 13.1. The number of rotatable bonds is 3. The summed E-state index contributed by atoms with van der Waals surface area (Å²) in [5.41, 5.74) is 0.746. The number of halogens is 2. The van der Waals surface area contributed by atoms with Gasteiger partial charge >= 0.3 is 6.03 Å². The summed E-state index contributed by atoms with van der Waals surface area (Å²) in [6, 6.07) is 3.97. The van der Waals surface area contributed by atoms with E-state index in [0.717, 1.165) is 18.4 Å². The van der Waals surface area contributed by atoms with Gasteiger partial charge in [-0.25, -0.2) is 9.18 Å². The van der Waals surface area contributed by atoms with Gasteiger partial charge in [0, 0.05) is 6.04 Å². The Kier molecular flexibility index (Phi) is 5.42. The number of aliphatic hydroxyl groups excluding tert-OH is 1. The number of nitrogens with one attached hydrogen (secondary N) is 2. The molecule has 116 valence electrons. The molecule has 1 aliphatic rings. The normalized spacial score (nSPS) is 23.4. The van der Waals surface area contributed by atoms with Crippen molar-refractivity contribution >= 4 is 17.6 Å². The lowest BCUT2D eigenvalue weighted by atomic mass is 9.93. The Morgan fingerprint density at radius 2 is 2.05 bits per heavy atom. The fourth-order valence-corrected chi connectivity index (χ4v) is 2.70. The van der Waals surface area contributed by atoms with Gasteiger partial charge < -0.3 is 15.7 Å². The summed E-state index contributed by atoms with van der Waals surface area (Å²) in [4.78, 5) is 11.9. The summed E-state index contributed by atoms with van der Waals surface area (Å²) in [6.45, 7) is 1.81. The SMILES string of the molecule is C[C@@H](NC(=O)NC1CCC(O)CC1)c1ccc(F)c(Cl)c1. The third kappa shape index (κ3) is 4.58. The third-order valence-electron chi connectivity index (χ3n) is 3.82. The van der Waals surface area contributed by atoms with Crippen molar-refractivity contribution in [2.24, 2.45) is 0 Å². The van der Waals surface area contributed by atoms with Crippen LogP contribution in [-0.2, 0) is 0 Å². The Bertz CT molecular complexity index is 504. The first-order chi connectivity index (χ1) is 9.95. The Balaban J connectivity index is 1.85. The first kappa shape index (κ1) is 16.0. The van der Waals surface area contributed by atoms with E-state index in [0.29, 0.717) is 12.8 Å². The number of benzene rings is 1. The number of hydrogen-bond acceptors (Lipinski definition) is 2. The van der Waals surface area contributed by atoms with Gasteiger partial charge in [0.25, 0.3) is 0 Å². The van der Waals surface area contributed by atoms with Crippen LogP contribution in [0.3, 0.4) is 0 Å². The first-order valence-corrected chi connectivity index (χ1v) is 7.53. The lowest BCUT2D eigenvalue weighted by Crippen LogP contribution is -2.44. The van der Waals surface area contributed by atoms with Crippen LogP contribution in [0.5, 0.6) is 0 Å². The van der Waals surface area contributed by atoms with Crippen molar-refractivity contribution < 1.29 is 14.3 Å². The van der Waals surface area contributed by atoms with E-state index in [1.807, 2.05) is 6.92 Å². The maximum Gasteiger partial charge on any atom is 0.315 e. The quantitative estimate of drug-likeness (QED) is 0.802. The van der Waals surface area contributed by atoms with Crippen molar-refractivity contribution in [1.29, 1.82) is 0 Å². The van der Waals surface area contributed by atoms with E-state index in [9.17, 15) is 14.3 Å². The van der Waals surface area contributed by atoms with E-state index in [-0.39, 0.29) is 29.2 Å². The minimum atomic E-state index is -0.474. The van der Waals surface area contributed by atoms with Crippen LogP contribution in [0.2, 0.25) is 5.02 Å². The van der Waals surface area contributed by atoms with E-state index in [2.05, 4.69) is 10.6 Å². The predicted octanol–water partition coefficient (Wildman–Crippen LogP) is 3.14. The Morgan fingerprint density at radius 3 is 2.67 bits per heavy atom. The van der Waals surface area contributed by atoms with Gasteiger partial charge in [0.1, 0.15) is 5.82 Å². The van der Waals surface area contributed by atoms with Crippen molar-refractivity contribution in [3.63, 3.8) is 0 Å². The molecule has 0 saturated heterocycles. The number of aliphatic hydroxyl groups is 1. The predicted molar refractivity (Wildman–Crippen MR) is 79.8 cm³/mol. The van der Waals surface area contributed by atoms with Crippen LogP contribution in [0, 0.1) is 5.82 Å². The molecule has 0 aliphatic heterocycles. The van der Waals surface area contributed by atoms with E-state index in [1.54, 1.807) is 6.07 Å². The second kappa shape index (κ2) is 7.09. The summed E-state index contributed by atoms with van der Waals surface area (Å²) in [6.07, 6.45) is 2.75. The van der Waals surface area contributed by atoms with Gasteiger partial charge in [-0.15, -0.1) is 0 Å². The zero-order chi connectivity index (χ0) is 15.4. The topological polar surface area (TPSA) is 61.4 Å². The molecule has 1 atom stereocenters. The van der Waals surface area contributed by atoms with Crippen LogP contribution in [0.25, 0.3) is 0 Å². The summed E-state index contributed by atoms with van der Waals surface area (Å²) in [5.74, 6) is -0.474. The summed E-state index contributed by atoms with van der Waals surface area (Å²) in [5, 5.41) is 15.2. The van der Waals surface area contributed by atoms with Crippen molar-refractivity contribution in [2.45, 2.75) is 50.8 Å². The van der Waals surface area contributed by atoms with Crippen molar-refractivity contribution in [3.05, 3.63) is 34.6 Å². The van der Waals surface area contributed by atoms with E-state index in [1.165, 1.54) is 12.1 Å². The second-order valence-electron chi connectivity index (χ2n) is 5.52. The third-order valence-corrected chi connectivity index (χ3v) is 4.11. The molecule has 0 aromatic heterocycles. The molecule has 1 aromatic rings. The standard InChI is InChI=1S/C15H20ClFN2O2/c1-9(10-2-7-14(17)13(16)8-10)18-15(21)19-11-3-5-12(20)6-4-11/h2,7-9,11-12,20H,3-6H2,1H3,(H2,18,19,21)/t9-,11?,12?/m1/s1. The number of carbonyl (C=O) groups excluding carboxylic acids is 1. The lowest BCUT2D eigenvalue weighted by Gasteiger charge is -2.27. The molecule has 3 N–H and O–H groups in total. The molecule has 1 fully saturated rings. The molecule has 6 heteroatoms. The maximum absolute atomic E-state index is 13.1. The highest BCUT2D eigenvalue weighted by molar-refractivity contribution is 6.30. The average molecular weight is 315 g/mol. The molecule has 0 spiro atoms. The van der Waals surface area contributed by atoms with Crippen molar-refractivity contribution in [1.82, 2.24) is 10.6 Å². The number of urea groups is 1. The van der Waals surface area contributed by atoms with Gasteiger partial charge in [-0.1, -0.05) is 17.7 Å². The molecule has 0 heterocycles. The first-order valence-electron chi connectivity index (χ1n) is 7.15. The zero-order valence-corrected chi connectivity index (χ0v) is 12.7. The molecule has 0 bridgehead atoms. The van der Waals surface area contributed by atoms with E-state index >= 15 is 0 Å². The van der Waals surface area contributed by atoms with E-state index < -0.39 is 5.82 Å². The van der Waals surface area contributed by atoms with Crippen LogP contribution in [0.4, 0.5) is 9.18 Å². The Labute approximate surface area is 128 Å². The number of hydrogen-bond donors (Lipinski definition) is 3. The molecule has 1 saturated carbocycles. The summed E-state index contributed by atoms with van der Waals surface area (Å²) in [7, 11) is 0. The largest absolute Gasteiger partial charge is 0.393 e. The van der Waals surface area contributed by atoms with Gasteiger partial charge in [-0.3, -0.25) is 0 Å². The highest BCUT2D eigenvalue weighted by Gasteiger charge is 2.21. The summed E-state index contributed by atoms with van der Waals surface area (Å²) < 4.78 is 13.1. The Morgan fingerprint density at radius 1 is 1.38 bits per heavy atom. The Hall–Kier alpha value is -1.33. The fourth-order valence-electron chi connectivity index (χ4n) is 2.51. The van der Waals surface area contributed by atoms with Gasteiger partial charge in [-0.05, 0) is 50.3 Å². The molecule has 21 heavy (non-hydrogen) atoms. The molecule has 2 amide bonds. The van der Waals surface area contributed by atoms with Crippen LogP contribution >= 0.6 is 11.6 Å². The van der Waals surface area contributed by atoms with Crippen molar-refractivity contribution in [2.75, 3.05) is 0 Å². The van der Waals surface area contributed by atoms with Gasteiger partial charge in [0.05, 0.1) is 17.2 Å². The van der Waals surface area contributed by atoms with Crippen LogP contribution in [0.1, 0.15) is 44.2 Å². The van der Waals surface area contributed by atoms with Gasteiger partial charge in [-0.2, -0.15) is 0 Å². The fraction of sp³-hybridized carbons (Fsp3) is 0.533. The average Bonchev–Trinajstić information content (AvgIpc) is 2.44. The van der Waals surface area contributed by atoms with Gasteiger partial charge in [0.2, 0.25) is 0 Å². The number of amides is 2. The highest BCUT2D eigenvalue weighted by atomic mass is 35.5. The summed E-state index contributed by atoms with van der Waals surface area (Å²) >= 11 is 5.74. The molecule has 2 rings (SSSR count). The minimum Gasteiger partial charge on any atom is -0.393 e. The van der Waals surface area contributed by atoms with Crippen LogP contribution < -0.4 is 10.6 Å². The highest BCUT2D eigenvalue weighted by Crippen LogP contribution is 2.21. The lowest BCUT2D eigenvalue weighted by molar-refractivity contribution is 0.117. The number of carbonyl (C=O) groups is 1. The molecule has 0 unspecified atom stereocenters. The molecule has 1 aromatic carbocycles. The smallest absolute Gasteiger partial charge is 0.315 e. The van der Waals surface area contributed by atoms with Crippen LogP contribution in [0.15, 0.2) is 18.2 Å². The van der Waals surface area contributed by atoms with Crippen LogP contribution in [-0.4, -0.2) is 23.3 Å². The molecular formula is C15H20ClFN2O2. The molecule has 4 nitrogen and oxygen atoms in total. The monoisotopic (exact) mass is 314 g/mol. The zero-order valence-electron chi connectivity index (χ0n) is 11.9. The molecule has 0 radical (unpaired) electrons. The van der Waals surface area contributed by atoms with Gasteiger partial charge in [0.15, 0.2) is 0 Å².